The van der Waals surface area contributed by atoms with E-state index in [1.54, 1.807) is 36.4 Å². The Morgan fingerprint density at radius 3 is 1.97 bits per heavy atom. The number of benzene rings is 2. The van der Waals surface area contributed by atoms with E-state index in [2.05, 4.69) is 9.97 Å². The minimum Gasteiger partial charge on any atom is -0.459 e. The predicted molar refractivity (Wildman–Crippen MR) is 123 cm³/mol. The van der Waals surface area contributed by atoms with Crippen LogP contribution in [-0.4, -0.2) is 14.5 Å². The number of hydrogen-bond donors (Lipinski definition) is 2. The molecule has 0 amide bonds. The van der Waals surface area contributed by atoms with Crippen LogP contribution in [-0.2, 0) is 0 Å². The van der Waals surface area contributed by atoms with Gasteiger partial charge in [-0.3, -0.25) is 23.7 Å². The van der Waals surface area contributed by atoms with E-state index < -0.39 is 38.8 Å². The Morgan fingerprint density at radius 1 is 0.697 bits per heavy atom. The molecular weight excluding hydrogens is 422 g/mol. The fraction of sp³-hybridized carbons (Fsp3) is 0.0400. The number of H-pyrrole nitrogens is 2. The molecule has 2 aromatic carbocycles. The van der Waals surface area contributed by atoms with Gasteiger partial charge in [0.1, 0.15) is 39.4 Å². The van der Waals surface area contributed by atoms with Crippen molar-refractivity contribution < 1.29 is 4.42 Å². The van der Waals surface area contributed by atoms with Crippen molar-refractivity contribution in [1.82, 2.24) is 14.5 Å². The summed E-state index contributed by atoms with van der Waals surface area (Å²) in [5.74, 6) is 0.922. The molecule has 1 aliphatic carbocycles. The maximum atomic E-state index is 13.5. The largest absolute Gasteiger partial charge is 0.459 e. The summed E-state index contributed by atoms with van der Waals surface area (Å²) in [5, 5.41) is -0.854. The van der Waals surface area contributed by atoms with Gasteiger partial charge in [-0.15, -0.1) is 0 Å². The third-order valence-corrected chi connectivity index (χ3v) is 5.92. The summed E-state index contributed by atoms with van der Waals surface area (Å²) in [7, 11) is 0. The third-order valence-electron chi connectivity index (χ3n) is 5.92. The first-order valence-electron chi connectivity index (χ1n) is 10.2. The van der Waals surface area contributed by atoms with Crippen LogP contribution in [0.1, 0.15) is 17.4 Å². The molecule has 8 nitrogen and oxygen atoms in total. The van der Waals surface area contributed by atoms with E-state index in [0.29, 0.717) is 17.1 Å². The molecule has 0 bridgehead atoms. The summed E-state index contributed by atoms with van der Waals surface area (Å²) >= 11 is 0. The van der Waals surface area contributed by atoms with Crippen molar-refractivity contribution in [3.8, 4) is 11.3 Å². The fourth-order valence-electron chi connectivity index (χ4n) is 4.41. The molecule has 2 aromatic heterocycles. The van der Waals surface area contributed by atoms with E-state index in [1.165, 1.54) is 12.4 Å². The van der Waals surface area contributed by atoms with E-state index in [-0.39, 0.29) is 11.0 Å². The maximum Gasteiger partial charge on any atom is 0.266 e. The van der Waals surface area contributed by atoms with Crippen LogP contribution >= 0.6 is 0 Å². The Kier molecular flexibility index (Phi) is 3.97. The molecular formula is C25H15N3O5. The summed E-state index contributed by atoms with van der Waals surface area (Å²) in [6.07, 6.45) is 2.88. The zero-order valence-electron chi connectivity index (χ0n) is 17.0. The van der Waals surface area contributed by atoms with Gasteiger partial charge in [0.2, 0.25) is 10.9 Å². The van der Waals surface area contributed by atoms with Gasteiger partial charge in [0.25, 0.3) is 11.1 Å². The lowest BCUT2D eigenvalue weighted by atomic mass is 10.0. The first kappa shape index (κ1) is 19.0. The van der Waals surface area contributed by atoms with E-state index in [0.717, 1.165) is 10.1 Å². The van der Waals surface area contributed by atoms with E-state index in [1.807, 2.05) is 24.3 Å². The molecule has 33 heavy (non-hydrogen) atoms. The monoisotopic (exact) mass is 437 g/mol. The Bertz CT molecular complexity index is 1780. The van der Waals surface area contributed by atoms with Gasteiger partial charge in [-0.1, -0.05) is 42.5 Å². The van der Waals surface area contributed by atoms with Crippen LogP contribution in [0.5, 0.6) is 0 Å². The Morgan fingerprint density at radius 2 is 1.33 bits per heavy atom. The molecule has 2 N–H and O–H groups in total. The third kappa shape index (κ3) is 2.64. The molecule has 0 saturated heterocycles. The molecule has 160 valence electrons. The standard InChI is InChI=1S/C25H15N3O5/c29-22-17-18(23(30)20-19(22)26-11-12-27-20)25(32)28(24(17)31)21(14-5-2-1-3-6-14)16-10-9-13-7-4-8-15(13)33-16/h1-12,21,26-27H. The first-order chi connectivity index (χ1) is 16.1. The maximum absolute atomic E-state index is 13.5. The van der Waals surface area contributed by atoms with Gasteiger partial charge in [-0.05, 0) is 23.8 Å². The van der Waals surface area contributed by atoms with E-state index in [9.17, 15) is 19.2 Å². The van der Waals surface area contributed by atoms with Gasteiger partial charge < -0.3 is 14.4 Å². The molecule has 3 heterocycles. The summed E-state index contributed by atoms with van der Waals surface area (Å²) < 4.78 is 6.99. The van der Waals surface area contributed by atoms with Gasteiger partial charge in [-0.25, -0.2) is 0 Å². The highest BCUT2D eigenvalue weighted by Crippen LogP contribution is 2.31. The molecule has 8 heteroatoms. The topological polar surface area (TPSA) is 118 Å². The van der Waals surface area contributed by atoms with Gasteiger partial charge in [0.15, 0.2) is 0 Å². The SMILES string of the molecule is O=c1c2[nH]cc[nH]c2c(=O)c2c(=O)n(C(c3ccccc3)c3ccc4cccc-4o3)c(=O)c12. The minimum atomic E-state index is -0.965. The molecule has 0 fully saturated rings. The number of fused-ring (bicyclic) bond motifs is 3. The second-order valence-electron chi connectivity index (χ2n) is 7.76. The summed E-state index contributed by atoms with van der Waals surface area (Å²) in [6, 6.07) is 16.9. The molecule has 1 aliphatic heterocycles. The fourth-order valence-corrected chi connectivity index (χ4v) is 4.41. The number of nitrogens with one attached hydrogen (secondary N) is 2. The molecule has 0 spiro atoms. The van der Waals surface area contributed by atoms with Crippen molar-refractivity contribution in [2.24, 2.45) is 0 Å². The second-order valence-corrected chi connectivity index (χ2v) is 7.76. The minimum absolute atomic E-state index is 0.0524. The van der Waals surface area contributed by atoms with Crippen molar-refractivity contribution in [1.29, 1.82) is 0 Å². The zero-order valence-corrected chi connectivity index (χ0v) is 17.0. The normalized spacial score (nSPS) is 12.6. The number of nitrogens with zero attached hydrogens (tertiary/aromatic N) is 1. The van der Waals surface area contributed by atoms with Crippen LogP contribution in [0.3, 0.4) is 0 Å². The molecule has 1 unspecified atom stereocenters. The van der Waals surface area contributed by atoms with Crippen LogP contribution in [0.2, 0.25) is 0 Å². The highest BCUT2D eigenvalue weighted by atomic mass is 16.3. The highest BCUT2D eigenvalue weighted by molar-refractivity contribution is 5.94. The van der Waals surface area contributed by atoms with Crippen LogP contribution in [0, 0.1) is 0 Å². The highest BCUT2D eigenvalue weighted by Gasteiger charge is 2.29. The quantitative estimate of drug-likeness (QED) is 0.441. The van der Waals surface area contributed by atoms with Gasteiger partial charge >= 0.3 is 0 Å². The number of aromatic amines is 2. The van der Waals surface area contributed by atoms with Crippen LogP contribution in [0.15, 0.2) is 96.7 Å². The van der Waals surface area contributed by atoms with Crippen molar-refractivity contribution in [3.63, 3.8) is 0 Å². The van der Waals surface area contributed by atoms with Crippen molar-refractivity contribution >= 4 is 21.8 Å². The van der Waals surface area contributed by atoms with Crippen molar-refractivity contribution in [3.05, 3.63) is 126 Å². The van der Waals surface area contributed by atoms with E-state index >= 15 is 0 Å². The lowest BCUT2D eigenvalue weighted by Gasteiger charge is -2.18. The Balaban J connectivity index is 1.76. The Hall–Kier alpha value is -4.72. The second kappa shape index (κ2) is 6.89. The molecule has 2 aliphatic rings. The van der Waals surface area contributed by atoms with Crippen LogP contribution in [0.4, 0.5) is 0 Å². The molecule has 6 rings (SSSR count). The number of aromatic nitrogens is 3. The zero-order chi connectivity index (χ0) is 22.7. The lowest BCUT2D eigenvalue weighted by molar-refractivity contribution is 0.450. The molecule has 0 saturated carbocycles. The first-order valence-corrected chi connectivity index (χ1v) is 10.2. The van der Waals surface area contributed by atoms with E-state index in [4.69, 9.17) is 4.42 Å². The summed E-state index contributed by atoms with van der Waals surface area (Å²) in [4.78, 5) is 58.7. The summed E-state index contributed by atoms with van der Waals surface area (Å²) in [6.45, 7) is 0. The average Bonchev–Trinajstić information content (AvgIpc) is 3.41. The van der Waals surface area contributed by atoms with Gasteiger partial charge in [-0.2, -0.15) is 0 Å². The number of hydrogen-bond acceptors (Lipinski definition) is 5. The lowest BCUT2D eigenvalue weighted by Crippen LogP contribution is -2.32. The molecule has 0 radical (unpaired) electrons. The molecule has 4 aromatic rings. The average molecular weight is 437 g/mol. The molecule has 1 atom stereocenters. The number of rotatable bonds is 3. The van der Waals surface area contributed by atoms with Gasteiger partial charge in [0.05, 0.1) is 0 Å². The predicted octanol–water partition coefficient (Wildman–Crippen LogP) is 2.66. The smallest absolute Gasteiger partial charge is 0.266 e. The van der Waals surface area contributed by atoms with Crippen LogP contribution < -0.4 is 22.0 Å². The van der Waals surface area contributed by atoms with Crippen molar-refractivity contribution in [2.45, 2.75) is 6.04 Å². The Labute approximate surface area is 184 Å². The van der Waals surface area contributed by atoms with Crippen molar-refractivity contribution in [2.75, 3.05) is 0 Å². The van der Waals surface area contributed by atoms with Gasteiger partial charge in [0, 0.05) is 18.0 Å². The summed E-state index contributed by atoms with van der Waals surface area (Å²) in [5.41, 5.74) is -1.70. The van der Waals surface area contributed by atoms with Crippen LogP contribution in [0.25, 0.3) is 33.1 Å².